The average Bonchev–Trinajstić information content (AvgIpc) is 2.38. The molecule has 3 N–H and O–H groups in total. The summed E-state index contributed by atoms with van der Waals surface area (Å²) in [7, 11) is 0. The Morgan fingerprint density at radius 2 is 1.59 bits per heavy atom. The first-order chi connectivity index (χ1) is 8.24. The Labute approximate surface area is 98.0 Å². The minimum atomic E-state index is -0.441. The molecule has 0 aliphatic rings. The summed E-state index contributed by atoms with van der Waals surface area (Å²) in [4.78, 5) is 11.6. The van der Waals surface area contributed by atoms with E-state index in [2.05, 4.69) is 0 Å². The zero-order valence-electron chi connectivity index (χ0n) is 8.98. The summed E-state index contributed by atoms with van der Waals surface area (Å²) in [5.41, 5.74) is 3.30. The van der Waals surface area contributed by atoms with Crippen molar-refractivity contribution in [3.8, 4) is 11.1 Å². The molecule has 0 aliphatic heterocycles. The first kappa shape index (κ1) is 11.3. The van der Waals surface area contributed by atoms with E-state index in [9.17, 15) is 9.18 Å². The molecular formula is C13H11FN2O. The van der Waals surface area contributed by atoms with Gasteiger partial charge in [-0.05, 0) is 17.7 Å². The Morgan fingerprint density at radius 1 is 1.00 bits per heavy atom. The number of rotatable bonds is 2. The molecule has 0 aliphatic carbocycles. The van der Waals surface area contributed by atoms with E-state index >= 15 is 0 Å². The second-order valence-electron chi connectivity index (χ2n) is 3.50. The fraction of sp³-hybridized carbons (Fsp3) is 0. The largest absolute Gasteiger partial charge is 0.290 e. The molecule has 17 heavy (non-hydrogen) atoms. The second-order valence-corrected chi connectivity index (χ2v) is 3.50. The van der Waals surface area contributed by atoms with Crippen LogP contribution >= 0.6 is 0 Å². The molecule has 0 atom stereocenters. The molecular weight excluding hydrogens is 219 g/mol. The number of nitrogens with one attached hydrogen (secondary N) is 1. The molecule has 2 aromatic rings. The van der Waals surface area contributed by atoms with Crippen LogP contribution in [0.25, 0.3) is 11.1 Å². The Morgan fingerprint density at radius 3 is 2.24 bits per heavy atom. The fourth-order valence-electron chi connectivity index (χ4n) is 1.67. The summed E-state index contributed by atoms with van der Waals surface area (Å²) in [6, 6.07) is 13.0. The van der Waals surface area contributed by atoms with Gasteiger partial charge in [-0.1, -0.05) is 36.4 Å². The Bertz CT molecular complexity index is 555. The predicted molar refractivity (Wildman–Crippen MR) is 63.5 cm³/mol. The van der Waals surface area contributed by atoms with E-state index in [1.165, 1.54) is 6.07 Å². The summed E-state index contributed by atoms with van der Waals surface area (Å²) in [6.07, 6.45) is 0. The molecule has 0 heterocycles. The van der Waals surface area contributed by atoms with E-state index in [0.29, 0.717) is 16.7 Å². The minimum absolute atomic E-state index is 0.347. The molecule has 4 heteroatoms. The van der Waals surface area contributed by atoms with Gasteiger partial charge in [-0.25, -0.2) is 10.2 Å². The highest BCUT2D eigenvalue weighted by Gasteiger charge is 2.13. The van der Waals surface area contributed by atoms with Crippen LogP contribution in [0.4, 0.5) is 4.39 Å². The summed E-state index contributed by atoms with van der Waals surface area (Å²) in [6.45, 7) is 0. The third kappa shape index (κ3) is 2.16. The fourth-order valence-corrected chi connectivity index (χ4v) is 1.67. The SMILES string of the molecule is NNC(=O)c1ccccc1-c1ccccc1F. The summed E-state index contributed by atoms with van der Waals surface area (Å²) in [5, 5.41) is 0. The molecule has 0 saturated carbocycles. The molecule has 0 fully saturated rings. The summed E-state index contributed by atoms with van der Waals surface area (Å²) in [5.74, 6) is 4.28. The summed E-state index contributed by atoms with van der Waals surface area (Å²) < 4.78 is 13.7. The highest BCUT2D eigenvalue weighted by Crippen LogP contribution is 2.25. The van der Waals surface area contributed by atoms with Crippen molar-refractivity contribution in [1.29, 1.82) is 0 Å². The molecule has 3 nitrogen and oxygen atoms in total. The number of hydrazine groups is 1. The number of amides is 1. The van der Waals surface area contributed by atoms with Crippen molar-refractivity contribution in [2.24, 2.45) is 5.84 Å². The normalized spacial score (nSPS) is 10.0. The van der Waals surface area contributed by atoms with Gasteiger partial charge in [-0.2, -0.15) is 0 Å². The lowest BCUT2D eigenvalue weighted by Gasteiger charge is -2.08. The van der Waals surface area contributed by atoms with Crippen molar-refractivity contribution in [3.63, 3.8) is 0 Å². The van der Waals surface area contributed by atoms with Gasteiger partial charge in [0.25, 0.3) is 5.91 Å². The van der Waals surface area contributed by atoms with Crippen molar-refractivity contribution < 1.29 is 9.18 Å². The molecule has 1 amide bonds. The first-order valence-electron chi connectivity index (χ1n) is 5.09. The predicted octanol–water partition coefficient (Wildman–Crippen LogP) is 2.10. The van der Waals surface area contributed by atoms with Crippen LogP contribution in [-0.4, -0.2) is 5.91 Å². The number of halogens is 1. The monoisotopic (exact) mass is 230 g/mol. The number of carbonyl (C=O) groups excluding carboxylic acids is 1. The number of nitrogen functional groups attached to an aromatic ring is 1. The number of benzene rings is 2. The zero-order chi connectivity index (χ0) is 12.3. The third-order valence-corrected chi connectivity index (χ3v) is 2.47. The van der Waals surface area contributed by atoms with E-state index in [4.69, 9.17) is 5.84 Å². The van der Waals surface area contributed by atoms with E-state index in [-0.39, 0.29) is 5.82 Å². The van der Waals surface area contributed by atoms with E-state index < -0.39 is 5.91 Å². The van der Waals surface area contributed by atoms with Gasteiger partial charge in [-0.3, -0.25) is 10.2 Å². The van der Waals surface area contributed by atoms with Gasteiger partial charge in [0.1, 0.15) is 5.82 Å². The zero-order valence-corrected chi connectivity index (χ0v) is 8.98. The van der Waals surface area contributed by atoms with Crippen LogP contribution in [0.15, 0.2) is 48.5 Å². The van der Waals surface area contributed by atoms with Crippen molar-refractivity contribution in [2.45, 2.75) is 0 Å². The molecule has 0 bridgehead atoms. The number of carbonyl (C=O) groups is 1. The maximum absolute atomic E-state index is 13.7. The highest BCUT2D eigenvalue weighted by atomic mass is 19.1. The Kier molecular flexibility index (Phi) is 3.16. The highest BCUT2D eigenvalue weighted by molar-refractivity contribution is 6.00. The van der Waals surface area contributed by atoms with Crippen molar-refractivity contribution in [3.05, 3.63) is 59.9 Å². The van der Waals surface area contributed by atoms with Crippen molar-refractivity contribution in [2.75, 3.05) is 0 Å². The van der Waals surface area contributed by atoms with Crippen molar-refractivity contribution in [1.82, 2.24) is 5.43 Å². The lowest BCUT2D eigenvalue weighted by Crippen LogP contribution is -2.30. The average molecular weight is 230 g/mol. The molecule has 0 spiro atoms. The standard InChI is InChI=1S/C13H11FN2O/c14-12-8-4-3-6-10(12)9-5-1-2-7-11(9)13(17)16-15/h1-8H,15H2,(H,16,17). The van der Waals surface area contributed by atoms with Gasteiger partial charge < -0.3 is 0 Å². The Balaban J connectivity index is 2.60. The van der Waals surface area contributed by atoms with Gasteiger partial charge in [0.05, 0.1) is 0 Å². The molecule has 2 rings (SSSR count). The van der Waals surface area contributed by atoms with Crippen LogP contribution < -0.4 is 11.3 Å². The lowest BCUT2D eigenvalue weighted by atomic mass is 9.99. The van der Waals surface area contributed by atoms with Gasteiger partial charge in [0.2, 0.25) is 0 Å². The molecule has 0 aromatic heterocycles. The Hall–Kier alpha value is -2.20. The maximum Gasteiger partial charge on any atom is 0.265 e. The van der Waals surface area contributed by atoms with Crippen LogP contribution in [0, 0.1) is 5.82 Å². The first-order valence-corrected chi connectivity index (χ1v) is 5.09. The number of nitrogens with two attached hydrogens (primary N) is 1. The van der Waals surface area contributed by atoms with Crippen molar-refractivity contribution >= 4 is 5.91 Å². The third-order valence-electron chi connectivity index (χ3n) is 2.47. The molecule has 86 valence electrons. The lowest BCUT2D eigenvalue weighted by molar-refractivity contribution is 0.0954. The van der Waals surface area contributed by atoms with E-state index in [1.54, 1.807) is 42.5 Å². The van der Waals surface area contributed by atoms with Crippen LogP contribution in [0.2, 0.25) is 0 Å². The maximum atomic E-state index is 13.7. The molecule has 0 unspecified atom stereocenters. The topological polar surface area (TPSA) is 55.1 Å². The molecule has 0 saturated heterocycles. The van der Waals surface area contributed by atoms with Gasteiger partial charge in [-0.15, -0.1) is 0 Å². The number of hydrogen-bond donors (Lipinski definition) is 2. The van der Waals surface area contributed by atoms with Crippen LogP contribution in [0.1, 0.15) is 10.4 Å². The minimum Gasteiger partial charge on any atom is -0.290 e. The molecule has 0 radical (unpaired) electrons. The smallest absolute Gasteiger partial charge is 0.265 e. The van der Waals surface area contributed by atoms with Gasteiger partial charge >= 0.3 is 0 Å². The summed E-state index contributed by atoms with van der Waals surface area (Å²) >= 11 is 0. The van der Waals surface area contributed by atoms with E-state index in [0.717, 1.165) is 0 Å². The number of hydrogen-bond acceptors (Lipinski definition) is 2. The van der Waals surface area contributed by atoms with Gasteiger partial charge in [0, 0.05) is 11.1 Å². The van der Waals surface area contributed by atoms with Gasteiger partial charge in [0.15, 0.2) is 0 Å². The molecule has 2 aromatic carbocycles. The van der Waals surface area contributed by atoms with Crippen LogP contribution in [0.5, 0.6) is 0 Å². The van der Waals surface area contributed by atoms with Crippen LogP contribution in [-0.2, 0) is 0 Å². The second kappa shape index (κ2) is 4.76. The van der Waals surface area contributed by atoms with Crippen LogP contribution in [0.3, 0.4) is 0 Å². The quantitative estimate of drug-likeness (QED) is 0.471. The van der Waals surface area contributed by atoms with E-state index in [1.807, 2.05) is 5.43 Å².